The highest BCUT2D eigenvalue weighted by Crippen LogP contribution is 2.53. The lowest BCUT2D eigenvalue weighted by atomic mass is 9.71. The predicted molar refractivity (Wildman–Crippen MR) is 87.8 cm³/mol. The summed E-state index contributed by atoms with van der Waals surface area (Å²) in [6.07, 6.45) is 0. The summed E-state index contributed by atoms with van der Waals surface area (Å²) in [6.45, 7) is 13.5. The van der Waals surface area contributed by atoms with Crippen LogP contribution in [0.15, 0.2) is 9.79 Å². The second-order valence-electron chi connectivity index (χ2n) is 6.63. The number of thiophene rings is 1. The quantitative estimate of drug-likeness (QED) is 0.666. The minimum absolute atomic E-state index is 0.211. The van der Waals surface area contributed by atoms with E-state index in [1.807, 2.05) is 34.9 Å². The smallest absolute Gasteiger partial charge is 0.0814 e. The lowest BCUT2D eigenvalue weighted by Crippen LogP contribution is -2.17. The standard InChI is InChI=1S/C14H21BS3/c1-8-7-16-9-10(17-8)11(13(2,3)4)18-12(9)14(5,6)15/h8H,7H2,1-6H3. The molecular formula is C14H21BS3. The third kappa shape index (κ3) is 2.81. The summed E-state index contributed by atoms with van der Waals surface area (Å²) in [4.78, 5) is 5.84. The summed E-state index contributed by atoms with van der Waals surface area (Å²) in [5, 5.41) is 0.471. The maximum absolute atomic E-state index is 6.36. The first kappa shape index (κ1) is 14.9. The normalized spacial score (nSPS) is 20.9. The molecule has 0 saturated heterocycles. The molecule has 1 atom stereocenters. The molecule has 0 spiro atoms. The Balaban J connectivity index is 2.60. The van der Waals surface area contributed by atoms with Gasteiger partial charge in [-0.15, -0.1) is 34.9 Å². The highest BCUT2D eigenvalue weighted by atomic mass is 32.2. The van der Waals surface area contributed by atoms with Crippen LogP contribution in [0.2, 0.25) is 0 Å². The average molecular weight is 296 g/mol. The van der Waals surface area contributed by atoms with Gasteiger partial charge in [0.05, 0.1) is 7.85 Å². The van der Waals surface area contributed by atoms with Crippen molar-refractivity contribution in [2.75, 3.05) is 5.75 Å². The van der Waals surface area contributed by atoms with E-state index in [1.54, 1.807) is 0 Å². The molecule has 1 aromatic rings. The van der Waals surface area contributed by atoms with Crippen LogP contribution in [0.3, 0.4) is 0 Å². The molecule has 4 heteroatoms. The van der Waals surface area contributed by atoms with E-state index >= 15 is 0 Å². The van der Waals surface area contributed by atoms with Crippen molar-refractivity contribution in [1.82, 2.24) is 0 Å². The first-order chi connectivity index (χ1) is 8.10. The molecule has 1 aliphatic rings. The molecule has 2 radical (unpaired) electrons. The molecule has 0 fully saturated rings. The van der Waals surface area contributed by atoms with Crippen molar-refractivity contribution in [3.05, 3.63) is 9.75 Å². The second-order valence-corrected chi connectivity index (χ2v) is 10.1. The number of fused-ring (bicyclic) bond motifs is 1. The first-order valence-electron chi connectivity index (χ1n) is 6.37. The first-order valence-corrected chi connectivity index (χ1v) is 9.05. The molecular weight excluding hydrogens is 275 g/mol. The highest BCUT2D eigenvalue weighted by Gasteiger charge is 2.33. The molecule has 2 heterocycles. The Hall–Kier alpha value is 0.465. The molecule has 2 rings (SSSR count). The summed E-state index contributed by atoms with van der Waals surface area (Å²) in [6, 6.07) is 0. The predicted octanol–water partition coefficient (Wildman–Crippen LogP) is 5.04. The summed E-state index contributed by atoms with van der Waals surface area (Å²) in [5.74, 6) is 1.20. The van der Waals surface area contributed by atoms with E-state index in [9.17, 15) is 0 Å². The van der Waals surface area contributed by atoms with Crippen molar-refractivity contribution >= 4 is 42.7 Å². The van der Waals surface area contributed by atoms with Crippen LogP contribution in [0.1, 0.15) is 51.3 Å². The lowest BCUT2D eigenvalue weighted by Gasteiger charge is -2.25. The third-order valence-electron chi connectivity index (χ3n) is 2.87. The summed E-state index contributed by atoms with van der Waals surface area (Å²) in [5.41, 5.74) is 0.211. The van der Waals surface area contributed by atoms with Crippen LogP contribution >= 0.6 is 34.9 Å². The third-order valence-corrected chi connectivity index (χ3v) is 8.00. The fourth-order valence-corrected chi connectivity index (χ4v) is 6.71. The molecule has 98 valence electrons. The number of rotatable bonds is 1. The fourth-order valence-electron chi connectivity index (χ4n) is 1.99. The molecule has 18 heavy (non-hydrogen) atoms. The summed E-state index contributed by atoms with van der Waals surface area (Å²) < 4.78 is 0. The van der Waals surface area contributed by atoms with Crippen LogP contribution < -0.4 is 0 Å². The van der Waals surface area contributed by atoms with Gasteiger partial charge in [-0.2, -0.15) is 0 Å². The van der Waals surface area contributed by atoms with Crippen LogP contribution in [0.4, 0.5) is 0 Å². The van der Waals surface area contributed by atoms with Gasteiger partial charge in [0.15, 0.2) is 0 Å². The Bertz CT molecular complexity index is 449. The molecule has 0 bridgehead atoms. The van der Waals surface area contributed by atoms with E-state index < -0.39 is 0 Å². The van der Waals surface area contributed by atoms with Crippen molar-refractivity contribution in [2.45, 2.75) is 67.3 Å². The van der Waals surface area contributed by atoms with Gasteiger partial charge in [0.25, 0.3) is 0 Å². The van der Waals surface area contributed by atoms with Crippen molar-refractivity contribution in [2.24, 2.45) is 0 Å². The van der Waals surface area contributed by atoms with Gasteiger partial charge in [-0.25, -0.2) is 0 Å². The summed E-state index contributed by atoms with van der Waals surface area (Å²) in [7, 11) is 6.36. The van der Waals surface area contributed by atoms with Crippen LogP contribution in [-0.4, -0.2) is 18.8 Å². The Morgan fingerprint density at radius 2 is 1.67 bits per heavy atom. The lowest BCUT2D eigenvalue weighted by molar-refractivity contribution is 0.590. The maximum Gasteiger partial charge on any atom is 0.0814 e. The van der Waals surface area contributed by atoms with Gasteiger partial charge in [-0.1, -0.05) is 41.5 Å². The monoisotopic (exact) mass is 296 g/mol. The van der Waals surface area contributed by atoms with Crippen molar-refractivity contribution in [1.29, 1.82) is 0 Å². The van der Waals surface area contributed by atoms with Gasteiger partial charge in [0.1, 0.15) is 0 Å². The number of hydrogen-bond acceptors (Lipinski definition) is 3. The highest BCUT2D eigenvalue weighted by molar-refractivity contribution is 8.06. The molecule has 0 saturated carbocycles. The van der Waals surface area contributed by atoms with Gasteiger partial charge in [0, 0.05) is 30.5 Å². The average Bonchev–Trinajstić information content (AvgIpc) is 2.54. The molecule has 0 amide bonds. The Morgan fingerprint density at radius 1 is 1.06 bits per heavy atom. The number of hydrogen-bond donors (Lipinski definition) is 0. The molecule has 1 unspecified atom stereocenters. The zero-order valence-electron chi connectivity index (χ0n) is 12.1. The molecule has 0 aromatic carbocycles. The summed E-state index contributed by atoms with van der Waals surface area (Å²) >= 11 is 5.96. The van der Waals surface area contributed by atoms with Gasteiger partial charge in [0.2, 0.25) is 0 Å². The van der Waals surface area contributed by atoms with Gasteiger partial charge in [-0.05, 0) is 10.7 Å². The Morgan fingerprint density at radius 3 is 2.17 bits per heavy atom. The molecule has 1 aliphatic heterocycles. The van der Waals surface area contributed by atoms with E-state index in [4.69, 9.17) is 7.85 Å². The zero-order valence-corrected chi connectivity index (χ0v) is 14.5. The van der Waals surface area contributed by atoms with E-state index in [1.165, 1.54) is 25.3 Å². The van der Waals surface area contributed by atoms with E-state index in [0.29, 0.717) is 5.25 Å². The largest absolute Gasteiger partial charge is 0.143 e. The minimum Gasteiger partial charge on any atom is -0.143 e. The minimum atomic E-state index is -0.230. The Kier molecular flexibility index (Phi) is 3.95. The van der Waals surface area contributed by atoms with Crippen molar-refractivity contribution in [3.8, 4) is 0 Å². The van der Waals surface area contributed by atoms with Gasteiger partial charge in [-0.3, -0.25) is 0 Å². The van der Waals surface area contributed by atoms with Crippen LogP contribution in [0.5, 0.6) is 0 Å². The van der Waals surface area contributed by atoms with Crippen molar-refractivity contribution in [3.63, 3.8) is 0 Å². The van der Waals surface area contributed by atoms with Crippen LogP contribution in [0, 0.1) is 0 Å². The zero-order chi connectivity index (χ0) is 13.7. The topological polar surface area (TPSA) is 0 Å². The fraction of sp³-hybridized carbons (Fsp3) is 0.714. The second kappa shape index (κ2) is 4.78. The molecule has 1 aromatic heterocycles. The number of thioether (sulfide) groups is 2. The van der Waals surface area contributed by atoms with Gasteiger partial charge >= 0.3 is 0 Å². The van der Waals surface area contributed by atoms with E-state index in [2.05, 4.69) is 41.5 Å². The Labute approximate surface area is 125 Å². The van der Waals surface area contributed by atoms with Gasteiger partial charge < -0.3 is 0 Å². The molecule has 0 N–H and O–H groups in total. The molecule has 0 nitrogen and oxygen atoms in total. The van der Waals surface area contributed by atoms with E-state index in [-0.39, 0.29) is 10.7 Å². The SMILES string of the molecule is [B]C(C)(C)c1sc(C(C)(C)C)c2c1SCC(C)S2. The van der Waals surface area contributed by atoms with E-state index in [0.717, 1.165) is 0 Å². The van der Waals surface area contributed by atoms with Crippen molar-refractivity contribution < 1.29 is 0 Å². The molecule has 0 aliphatic carbocycles. The maximum atomic E-state index is 6.36. The van der Waals surface area contributed by atoms with Crippen LogP contribution in [0.25, 0.3) is 0 Å². The van der Waals surface area contributed by atoms with Crippen LogP contribution in [-0.2, 0) is 10.7 Å².